The van der Waals surface area contributed by atoms with Crippen molar-refractivity contribution >= 4 is 18.1 Å². The fourth-order valence-corrected chi connectivity index (χ4v) is 4.45. The van der Waals surface area contributed by atoms with Gasteiger partial charge in [-0.3, -0.25) is 9.69 Å². The number of amides is 1. The van der Waals surface area contributed by atoms with E-state index in [1.54, 1.807) is 0 Å². The minimum absolute atomic E-state index is 0.00113. The standard InChI is InChI=1S/C22H27N5O2/c1-15-12-16-4-11-29-20(16)13-17(15)14-26-7-9-27(10-8-26)22-24-5-2-18-19(25-22)3-6-23-21(18)28/h5,12-13H,2-4,6-11,14H2,1H3,(H,23,28). The van der Waals surface area contributed by atoms with Crippen LogP contribution in [-0.4, -0.2) is 67.2 Å². The molecule has 29 heavy (non-hydrogen) atoms. The van der Waals surface area contributed by atoms with Crippen molar-refractivity contribution < 1.29 is 9.53 Å². The molecular weight excluding hydrogens is 366 g/mol. The highest BCUT2D eigenvalue weighted by molar-refractivity contribution is 6.01. The van der Waals surface area contributed by atoms with Gasteiger partial charge in [0.2, 0.25) is 11.9 Å². The third-order valence-corrected chi connectivity index (χ3v) is 6.20. The molecule has 7 nitrogen and oxygen atoms in total. The summed E-state index contributed by atoms with van der Waals surface area (Å²) in [5, 5.41) is 2.90. The number of guanidine groups is 1. The molecule has 7 heteroatoms. The Kier molecular flexibility index (Phi) is 4.83. The summed E-state index contributed by atoms with van der Waals surface area (Å²) in [5.74, 6) is 1.82. The number of nitrogens with one attached hydrogen (secondary N) is 1. The molecule has 1 fully saturated rings. The Bertz CT molecular complexity index is 925. The Balaban J connectivity index is 1.25. The highest BCUT2D eigenvalue weighted by Crippen LogP contribution is 2.29. The van der Waals surface area contributed by atoms with E-state index in [0.29, 0.717) is 13.0 Å². The maximum Gasteiger partial charge on any atom is 0.249 e. The molecule has 1 aromatic rings. The highest BCUT2D eigenvalue weighted by Gasteiger charge is 2.25. The number of fused-ring (bicyclic) bond motifs is 1. The number of hydrogen-bond donors (Lipinski definition) is 1. The predicted molar refractivity (Wildman–Crippen MR) is 112 cm³/mol. The van der Waals surface area contributed by atoms with Crippen LogP contribution in [0.5, 0.6) is 5.75 Å². The highest BCUT2D eigenvalue weighted by atomic mass is 16.5. The molecule has 0 spiro atoms. The molecule has 0 radical (unpaired) electrons. The Morgan fingerprint density at radius 3 is 2.90 bits per heavy atom. The van der Waals surface area contributed by atoms with Crippen LogP contribution in [0, 0.1) is 6.92 Å². The molecule has 1 aromatic carbocycles. The molecule has 4 aliphatic rings. The molecule has 5 rings (SSSR count). The number of ether oxygens (including phenoxy) is 1. The summed E-state index contributed by atoms with van der Waals surface area (Å²) in [6, 6.07) is 4.51. The quantitative estimate of drug-likeness (QED) is 0.830. The van der Waals surface area contributed by atoms with E-state index in [9.17, 15) is 4.79 Å². The van der Waals surface area contributed by atoms with Crippen molar-refractivity contribution in [2.75, 3.05) is 39.3 Å². The monoisotopic (exact) mass is 393 g/mol. The molecule has 0 unspecified atom stereocenters. The molecule has 1 N–H and O–H groups in total. The van der Waals surface area contributed by atoms with Gasteiger partial charge in [-0.05, 0) is 29.7 Å². The second-order valence-electron chi connectivity index (χ2n) is 8.11. The lowest BCUT2D eigenvalue weighted by Crippen LogP contribution is -2.48. The first-order valence-electron chi connectivity index (χ1n) is 10.5. The summed E-state index contributed by atoms with van der Waals surface area (Å²) in [7, 11) is 0. The smallest absolute Gasteiger partial charge is 0.249 e. The van der Waals surface area contributed by atoms with E-state index in [4.69, 9.17) is 9.73 Å². The first-order valence-corrected chi connectivity index (χ1v) is 10.5. The predicted octanol–water partition coefficient (Wildman–Crippen LogP) is 1.65. The second kappa shape index (κ2) is 7.63. The largest absolute Gasteiger partial charge is 0.493 e. The van der Waals surface area contributed by atoms with Crippen molar-refractivity contribution in [3.63, 3.8) is 0 Å². The number of carbonyl (C=O) groups excluding carboxylic acids is 1. The van der Waals surface area contributed by atoms with Gasteiger partial charge in [0, 0.05) is 70.3 Å². The van der Waals surface area contributed by atoms with Gasteiger partial charge in [0.05, 0.1) is 12.3 Å². The molecule has 0 saturated carbocycles. The van der Waals surface area contributed by atoms with E-state index < -0.39 is 0 Å². The molecule has 4 heterocycles. The molecule has 1 amide bonds. The number of piperazine rings is 1. The molecule has 1 saturated heterocycles. The van der Waals surface area contributed by atoms with E-state index in [2.05, 4.69) is 39.2 Å². The van der Waals surface area contributed by atoms with Gasteiger partial charge in [-0.25, -0.2) is 9.98 Å². The fourth-order valence-electron chi connectivity index (χ4n) is 4.45. The molecule has 0 aromatic heterocycles. The Morgan fingerprint density at radius 2 is 2.03 bits per heavy atom. The molecule has 0 atom stereocenters. The zero-order valence-corrected chi connectivity index (χ0v) is 16.9. The fraction of sp³-hybridized carbons (Fsp3) is 0.500. The Morgan fingerprint density at radius 1 is 1.17 bits per heavy atom. The number of carbonyl (C=O) groups is 1. The maximum absolute atomic E-state index is 12.0. The van der Waals surface area contributed by atoms with E-state index in [1.807, 2.05) is 6.21 Å². The van der Waals surface area contributed by atoms with Crippen molar-refractivity contribution in [1.82, 2.24) is 15.1 Å². The van der Waals surface area contributed by atoms with Crippen molar-refractivity contribution in [3.8, 4) is 5.75 Å². The van der Waals surface area contributed by atoms with Gasteiger partial charge in [-0.1, -0.05) is 6.07 Å². The van der Waals surface area contributed by atoms with E-state index in [0.717, 1.165) is 75.2 Å². The summed E-state index contributed by atoms with van der Waals surface area (Å²) >= 11 is 0. The molecule has 152 valence electrons. The number of nitrogens with zero attached hydrogens (tertiary/aromatic N) is 4. The summed E-state index contributed by atoms with van der Waals surface area (Å²) in [6.07, 6.45) is 4.20. The van der Waals surface area contributed by atoms with Gasteiger partial charge >= 0.3 is 0 Å². The lowest BCUT2D eigenvalue weighted by molar-refractivity contribution is -0.117. The second-order valence-corrected chi connectivity index (χ2v) is 8.11. The topological polar surface area (TPSA) is 69.5 Å². The summed E-state index contributed by atoms with van der Waals surface area (Å²) < 4.78 is 5.75. The van der Waals surface area contributed by atoms with Crippen molar-refractivity contribution in [2.24, 2.45) is 9.98 Å². The zero-order valence-electron chi connectivity index (χ0n) is 16.9. The Hall–Kier alpha value is -2.67. The molecule has 0 bridgehead atoms. The van der Waals surface area contributed by atoms with E-state index in [1.165, 1.54) is 16.7 Å². The summed E-state index contributed by atoms with van der Waals surface area (Å²) in [5.41, 5.74) is 5.71. The van der Waals surface area contributed by atoms with Gasteiger partial charge in [-0.2, -0.15) is 0 Å². The third-order valence-electron chi connectivity index (χ3n) is 6.20. The van der Waals surface area contributed by atoms with Crippen LogP contribution in [0.25, 0.3) is 0 Å². The van der Waals surface area contributed by atoms with Crippen molar-refractivity contribution in [1.29, 1.82) is 0 Å². The van der Waals surface area contributed by atoms with E-state index in [-0.39, 0.29) is 5.91 Å². The van der Waals surface area contributed by atoms with Crippen LogP contribution >= 0.6 is 0 Å². The van der Waals surface area contributed by atoms with Crippen LogP contribution < -0.4 is 10.1 Å². The van der Waals surface area contributed by atoms with Gasteiger partial charge in [0.1, 0.15) is 5.75 Å². The average Bonchev–Trinajstić information content (AvgIpc) is 3.04. The van der Waals surface area contributed by atoms with Crippen LogP contribution in [-0.2, 0) is 17.8 Å². The van der Waals surface area contributed by atoms with Crippen LogP contribution in [0.3, 0.4) is 0 Å². The van der Waals surface area contributed by atoms with Crippen molar-refractivity contribution in [2.45, 2.75) is 32.7 Å². The van der Waals surface area contributed by atoms with Crippen LogP contribution in [0.2, 0.25) is 0 Å². The van der Waals surface area contributed by atoms with Crippen LogP contribution in [0.4, 0.5) is 0 Å². The SMILES string of the molecule is Cc1cc2c(cc1CN1CCN(C3=NC4=C(CC=N3)C(=O)NCC4)CC1)OCC2. The summed E-state index contributed by atoms with van der Waals surface area (Å²) in [6.45, 7) is 8.34. The summed E-state index contributed by atoms with van der Waals surface area (Å²) in [4.78, 5) is 26.1. The molecular formula is C22H27N5O2. The molecule has 0 aliphatic carbocycles. The minimum Gasteiger partial charge on any atom is -0.493 e. The lowest BCUT2D eigenvalue weighted by Gasteiger charge is -2.35. The average molecular weight is 393 g/mol. The number of aliphatic imine (C=N–C) groups is 2. The van der Waals surface area contributed by atoms with Gasteiger partial charge in [-0.15, -0.1) is 0 Å². The van der Waals surface area contributed by atoms with E-state index >= 15 is 0 Å². The number of aryl methyl sites for hydroxylation is 1. The van der Waals surface area contributed by atoms with Gasteiger partial charge in [0.25, 0.3) is 0 Å². The zero-order chi connectivity index (χ0) is 19.8. The first kappa shape index (κ1) is 18.4. The van der Waals surface area contributed by atoms with Gasteiger partial charge in [0.15, 0.2) is 0 Å². The number of hydrogen-bond acceptors (Lipinski definition) is 6. The molecule has 4 aliphatic heterocycles. The number of rotatable bonds is 2. The third kappa shape index (κ3) is 3.67. The lowest BCUT2D eigenvalue weighted by atomic mass is 10.0. The maximum atomic E-state index is 12.0. The normalized spacial score (nSPS) is 21.9. The Labute approximate surface area is 171 Å². The minimum atomic E-state index is 0.00113. The number of benzene rings is 1. The van der Waals surface area contributed by atoms with Crippen LogP contribution in [0.15, 0.2) is 33.4 Å². The van der Waals surface area contributed by atoms with Gasteiger partial charge < -0.3 is 15.0 Å². The van der Waals surface area contributed by atoms with Crippen LogP contribution in [0.1, 0.15) is 29.5 Å². The van der Waals surface area contributed by atoms with Crippen molar-refractivity contribution in [3.05, 3.63) is 40.1 Å². The first-order chi connectivity index (χ1) is 14.2.